The van der Waals surface area contributed by atoms with Gasteiger partial charge in [-0.05, 0) is 66.9 Å². The van der Waals surface area contributed by atoms with E-state index in [9.17, 15) is 13.2 Å². The molecule has 1 saturated heterocycles. The molecule has 2 aromatic carbocycles. The van der Waals surface area contributed by atoms with Crippen LogP contribution < -0.4 is 10.5 Å². The maximum absolute atomic E-state index is 12.6. The van der Waals surface area contributed by atoms with E-state index in [0.717, 1.165) is 80.0 Å². The predicted octanol–water partition coefficient (Wildman–Crippen LogP) is 5.58. The molecule has 9 heteroatoms. The second-order valence-electron chi connectivity index (χ2n) is 10.1. The second-order valence-corrected chi connectivity index (χ2v) is 10.1. The zero-order valence-electron chi connectivity index (χ0n) is 22.1. The number of benzene rings is 2. The molecule has 0 unspecified atom stereocenters. The van der Waals surface area contributed by atoms with E-state index in [1.165, 1.54) is 23.3 Å². The third kappa shape index (κ3) is 6.79. The molecule has 0 saturated carbocycles. The van der Waals surface area contributed by atoms with Crippen LogP contribution in [-0.2, 0) is 19.6 Å². The number of nitrogens with zero attached hydrogens (tertiary/aromatic N) is 4. The molecular formula is C30H34F3N5O. The number of halogens is 3. The number of nitrogens with two attached hydrogens (primary N) is 1. The number of piperazine rings is 1. The molecule has 4 aromatic rings. The Balaban J connectivity index is 1.32. The highest BCUT2D eigenvalue weighted by atomic mass is 19.4. The van der Waals surface area contributed by atoms with Crippen molar-refractivity contribution < 1.29 is 17.9 Å². The van der Waals surface area contributed by atoms with Gasteiger partial charge in [-0.2, -0.15) is 0 Å². The summed E-state index contributed by atoms with van der Waals surface area (Å²) in [5.41, 5.74) is 12.3. The van der Waals surface area contributed by atoms with Crippen molar-refractivity contribution in [2.24, 2.45) is 5.73 Å². The van der Waals surface area contributed by atoms with Crippen molar-refractivity contribution in [1.29, 1.82) is 0 Å². The molecule has 3 heterocycles. The Morgan fingerprint density at radius 1 is 0.949 bits per heavy atom. The number of rotatable bonds is 9. The van der Waals surface area contributed by atoms with Gasteiger partial charge in [-0.1, -0.05) is 24.3 Å². The molecule has 0 radical (unpaired) electrons. The molecular weight excluding hydrogens is 503 g/mol. The molecule has 2 aromatic heterocycles. The third-order valence-corrected chi connectivity index (χ3v) is 7.31. The van der Waals surface area contributed by atoms with Crippen LogP contribution in [0.15, 0.2) is 67.0 Å². The Kier molecular flexibility index (Phi) is 8.20. The van der Waals surface area contributed by atoms with E-state index in [0.29, 0.717) is 6.54 Å². The van der Waals surface area contributed by atoms with Crippen LogP contribution in [0.5, 0.6) is 5.75 Å². The molecule has 0 bridgehead atoms. The van der Waals surface area contributed by atoms with Crippen molar-refractivity contribution in [2.75, 3.05) is 32.7 Å². The summed E-state index contributed by atoms with van der Waals surface area (Å²) in [6.45, 7) is 9.14. The normalized spacial score (nSPS) is 15.2. The van der Waals surface area contributed by atoms with Crippen LogP contribution >= 0.6 is 0 Å². The topological polar surface area (TPSA) is 59.5 Å². The molecule has 1 aliphatic rings. The maximum Gasteiger partial charge on any atom is 0.573 e. The van der Waals surface area contributed by atoms with Crippen LogP contribution in [0.25, 0.3) is 22.0 Å². The first-order valence-corrected chi connectivity index (χ1v) is 13.3. The van der Waals surface area contributed by atoms with Gasteiger partial charge < -0.3 is 15.0 Å². The van der Waals surface area contributed by atoms with Gasteiger partial charge in [-0.25, -0.2) is 0 Å². The summed E-state index contributed by atoms with van der Waals surface area (Å²) in [4.78, 5) is 9.47. The Morgan fingerprint density at radius 2 is 1.67 bits per heavy atom. The Bertz CT molecular complexity index is 1390. The van der Waals surface area contributed by atoms with E-state index >= 15 is 0 Å². The minimum absolute atomic E-state index is 0.226. The molecule has 0 spiro atoms. The first-order valence-electron chi connectivity index (χ1n) is 13.3. The number of hydrogen-bond donors (Lipinski definition) is 1. The number of hydrogen-bond acceptors (Lipinski definition) is 5. The minimum Gasteiger partial charge on any atom is -0.406 e. The second kappa shape index (κ2) is 11.8. The first-order chi connectivity index (χ1) is 18.8. The highest BCUT2D eigenvalue weighted by Gasteiger charge is 2.31. The number of ether oxygens (including phenoxy) is 1. The van der Waals surface area contributed by atoms with Gasteiger partial charge in [-0.3, -0.25) is 14.8 Å². The smallest absolute Gasteiger partial charge is 0.406 e. The van der Waals surface area contributed by atoms with Gasteiger partial charge in [0.1, 0.15) is 5.75 Å². The fourth-order valence-electron chi connectivity index (χ4n) is 5.21. The summed E-state index contributed by atoms with van der Waals surface area (Å²) in [7, 11) is 0. The van der Waals surface area contributed by atoms with Crippen molar-refractivity contribution in [3.63, 3.8) is 0 Å². The maximum atomic E-state index is 12.6. The highest BCUT2D eigenvalue weighted by molar-refractivity contribution is 5.96. The molecule has 206 valence electrons. The first kappa shape index (κ1) is 27.2. The lowest BCUT2D eigenvalue weighted by Crippen LogP contribution is -2.45. The Hall–Kier alpha value is -3.40. The molecule has 1 aliphatic heterocycles. The van der Waals surface area contributed by atoms with E-state index in [1.54, 1.807) is 12.1 Å². The van der Waals surface area contributed by atoms with Gasteiger partial charge in [-0.15, -0.1) is 13.2 Å². The number of pyridine rings is 1. The quantitative estimate of drug-likeness (QED) is 0.302. The van der Waals surface area contributed by atoms with Crippen LogP contribution in [0.2, 0.25) is 0 Å². The van der Waals surface area contributed by atoms with Gasteiger partial charge in [0, 0.05) is 74.7 Å². The standard InChI is InChI=1S/C30H34F3N5O/c1-22-4-2-12-35-28(22)21-37-16-14-36(15-17-37)19-23-5-10-29-26(18-23)27(20-38(29)13-3-11-34)24-6-8-25(9-7-24)39-30(31,32)33/h2,4-10,12,18,20H,3,11,13-17,19,21,34H2,1H3. The largest absolute Gasteiger partial charge is 0.573 e. The number of aromatic nitrogens is 2. The van der Waals surface area contributed by atoms with Crippen LogP contribution in [-0.4, -0.2) is 58.4 Å². The van der Waals surface area contributed by atoms with Crippen LogP contribution in [0.4, 0.5) is 13.2 Å². The monoisotopic (exact) mass is 537 g/mol. The summed E-state index contributed by atoms with van der Waals surface area (Å²) >= 11 is 0. The summed E-state index contributed by atoms with van der Waals surface area (Å²) in [5, 5.41) is 1.08. The van der Waals surface area contributed by atoms with Crippen molar-refractivity contribution in [1.82, 2.24) is 19.4 Å². The molecule has 2 N–H and O–H groups in total. The van der Waals surface area contributed by atoms with E-state index in [-0.39, 0.29) is 5.75 Å². The fourth-order valence-corrected chi connectivity index (χ4v) is 5.21. The average molecular weight is 538 g/mol. The van der Waals surface area contributed by atoms with Gasteiger partial charge >= 0.3 is 6.36 Å². The molecule has 39 heavy (non-hydrogen) atoms. The zero-order valence-corrected chi connectivity index (χ0v) is 22.1. The van der Waals surface area contributed by atoms with E-state index < -0.39 is 6.36 Å². The highest BCUT2D eigenvalue weighted by Crippen LogP contribution is 2.34. The Morgan fingerprint density at radius 3 is 2.33 bits per heavy atom. The van der Waals surface area contributed by atoms with Crippen LogP contribution in [0, 0.1) is 6.92 Å². The lowest BCUT2D eigenvalue weighted by Gasteiger charge is -2.34. The van der Waals surface area contributed by atoms with E-state index in [2.05, 4.69) is 61.5 Å². The lowest BCUT2D eigenvalue weighted by atomic mass is 10.0. The molecule has 0 amide bonds. The summed E-state index contributed by atoms with van der Waals surface area (Å²) in [6.07, 6.45) is 0.0578. The fraction of sp³-hybridized carbons (Fsp3) is 0.367. The van der Waals surface area contributed by atoms with E-state index in [1.807, 2.05) is 12.3 Å². The van der Waals surface area contributed by atoms with Gasteiger partial charge in [0.15, 0.2) is 0 Å². The molecule has 1 fully saturated rings. The summed E-state index contributed by atoms with van der Waals surface area (Å²) in [5.74, 6) is -0.226. The third-order valence-electron chi connectivity index (χ3n) is 7.31. The summed E-state index contributed by atoms with van der Waals surface area (Å²) < 4.78 is 44.1. The molecule has 5 rings (SSSR count). The van der Waals surface area contributed by atoms with Crippen LogP contribution in [0.1, 0.15) is 23.2 Å². The predicted molar refractivity (Wildman–Crippen MR) is 147 cm³/mol. The number of alkyl halides is 3. The Labute approximate surface area is 226 Å². The number of aryl methyl sites for hydroxylation is 2. The van der Waals surface area contributed by atoms with Crippen LogP contribution in [0.3, 0.4) is 0 Å². The zero-order chi connectivity index (χ0) is 27.4. The van der Waals surface area contributed by atoms with Crippen molar-refractivity contribution >= 4 is 10.9 Å². The molecule has 0 atom stereocenters. The molecule has 0 aliphatic carbocycles. The van der Waals surface area contributed by atoms with E-state index in [4.69, 9.17) is 5.73 Å². The number of fused-ring (bicyclic) bond motifs is 1. The SMILES string of the molecule is Cc1cccnc1CN1CCN(Cc2ccc3c(c2)c(-c2ccc(OC(F)(F)F)cc2)cn3CCCN)CC1. The lowest BCUT2D eigenvalue weighted by molar-refractivity contribution is -0.274. The average Bonchev–Trinajstić information content (AvgIpc) is 3.27. The summed E-state index contributed by atoms with van der Waals surface area (Å²) in [6, 6.07) is 16.7. The van der Waals surface area contributed by atoms with Crippen molar-refractivity contribution in [3.05, 3.63) is 83.8 Å². The van der Waals surface area contributed by atoms with Gasteiger partial charge in [0.05, 0.1) is 5.69 Å². The minimum atomic E-state index is -4.71. The molecule has 6 nitrogen and oxygen atoms in total. The van der Waals surface area contributed by atoms with Crippen molar-refractivity contribution in [3.8, 4) is 16.9 Å². The van der Waals surface area contributed by atoms with Gasteiger partial charge in [0.2, 0.25) is 0 Å². The van der Waals surface area contributed by atoms with Gasteiger partial charge in [0.25, 0.3) is 0 Å². The van der Waals surface area contributed by atoms with Crippen molar-refractivity contribution in [2.45, 2.75) is 39.3 Å².